The first-order chi connectivity index (χ1) is 7.91. The molecule has 0 aromatic rings. The normalized spacial score (nSPS) is 21.6. The highest BCUT2D eigenvalue weighted by Crippen LogP contribution is 2.21. The van der Waals surface area contributed by atoms with Crippen molar-refractivity contribution >= 4 is 30.5 Å². The molecule has 0 saturated carbocycles. The molecule has 0 bridgehead atoms. The van der Waals surface area contributed by atoms with Gasteiger partial charge in [-0.3, -0.25) is 9.59 Å². The van der Waals surface area contributed by atoms with E-state index in [1.807, 2.05) is 0 Å². The summed E-state index contributed by atoms with van der Waals surface area (Å²) in [6.45, 7) is 0.311. The summed E-state index contributed by atoms with van der Waals surface area (Å²) in [6.07, 6.45) is 0.559. The average molecular weight is 261 g/mol. The Labute approximate surface area is 104 Å². The van der Waals surface area contributed by atoms with E-state index in [2.05, 4.69) is 12.6 Å². The number of nitrogens with zero attached hydrogens (tertiary/aromatic N) is 1. The molecular formula is C10H15NO5S. The van der Waals surface area contributed by atoms with Crippen LogP contribution in [0.1, 0.15) is 25.7 Å². The van der Waals surface area contributed by atoms with Crippen molar-refractivity contribution < 1.29 is 24.6 Å². The van der Waals surface area contributed by atoms with E-state index in [0.29, 0.717) is 6.54 Å². The van der Waals surface area contributed by atoms with Crippen LogP contribution >= 0.6 is 12.6 Å². The molecule has 1 unspecified atom stereocenters. The zero-order valence-electron chi connectivity index (χ0n) is 9.20. The van der Waals surface area contributed by atoms with Gasteiger partial charge in [0.05, 0.1) is 0 Å². The van der Waals surface area contributed by atoms with Gasteiger partial charge < -0.3 is 15.1 Å². The van der Waals surface area contributed by atoms with Gasteiger partial charge >= 0.3 is 11.9 Å². The Morgan fingerprint density at radius 3 is 2.53 bits per heavy atom. The van der Waals surface area contributed by atoms with E-state index < -0.39 is 18.0 Å². The van der Waals surface area contributed by atoms with Crippen molar-refractivity contribution in [2.45, 2.75) is 37.0 Å². The molecule has 17 heavy (non-hydrogen) atoms. The molecule has 2 atom stereocenters. The van der Waals surface area contributed by atoms with Gasteiger partial charge in [-0.15, -0.1) is 0 Å². The molecule has 0 spiro atoms. The summed E-state index contributed by atoms with van der Waals surface area (Å²) in [5, 5.41) is 17.4. The number of thiol groups is 1. The van der Waals surface area contributed by atoms with E-state index in [0.717, 1.165) is 0 Å². The van der Waals surface area contributed by atoms with E-state index in [4.69, 9.17) is 10.2 Å². The largest absolute Gasteiger partial charge is 0.481 e. The predicted molar refractivity (Wildman–Crippen MR) is 62.0 cm³/mol. The lowest BCUT2D eigenvalue weighted by Gasteiger charge is -2.24. The minimum Gasteiger partial charge on any atom is -0.481 e. The van der Waals surface area contributed by atoms with Crippen LogP contribution in [0.5, 0.6) is 0 Å². The molecule has 1 amide bonds. The molecule has 0 aromatic carbocycles. The van der Waals surface area contributed by atoms with E-state index in [-0.39, 0.29) is 36.8 Å². The first-order valence-corrected chi connectivity index (χ1v) is 5.85. The smallest absolute Gasteiger partial charge is 0.326 e. The topological polar surface area (TPSA) is 94.9 Å². The van der Waals surface area contributed by atoms with Crippen molar-refractivity contribution in [3.63, 3.8) is 0 Å². The quantitative estimate of drug-likeness (QED) is 0.595. The molecular weight excluding hydrogens is 246 g/mol. The SMILES string of the molecule is O=C(O)CCC[C@H](C(=O)O)N1CC(S)CC1=O. The molecule has 6 nitrogen and oxygen atoms in total. The second-order valence-electron chi connectivity index (χ2n) is 4.04. The van der Waals surface area contributed by atoms with Gasteiger partial charge in [0.25, 0.3) is 0 Å². The second-order valence-corrected chi connectivity index (χ2v) is 4.77. The highest BCUT2D eigenvalue weighted by Gasteiger charge is 2.35. The molecule has 96 valence electrons. The molecule has 1 fully saturated rings. The molecule has 0 radical (unpaired) electrons. The van der Waals surface area contributed by atoms with Gasteiger partial charge in [-0.1, -0.05) is 0 Å². The van der Waals surface area contributed by atoms with Gasteiger partial charge in [0.2, 0.25) is 5.91 Å². The number of likely N-dealkylation sites (tertiary alicyclic amines) is 1. The molecule has 2 N–H and O–H groups in total. The highest BCUT2D eigenvalue weighted by molar-refractivity contribution is 7.81. The summed E-state index contributed by atoms with van der Waals surface area (Å²) in [5.41, 5.74) is 0. The molecule has 1 aliphatic heterocycles. The first-order valence-electron chi connectivity index (χ1n) is 5.34. The maximum atomic E-state index is 11.5. The maximum absolute atomic E-state index is 11.5. The Morgan fingerprint density at radius 1 is 1.47 bits per heavy atom. The minimum atomic E-state index is -1.09. The van der Waals surface area contributed by atoms with Gasteiger partial charge in [-0.05, 0) is 12.8 Å². The van der Waals surface area contributed by atoms with Gasteiger partial charge in [0.1, 0.15) is 6.04 Å². The molecule has 0 aliphatic carbocycles. The zero-order valence-corrected chi connectivity index (χ0v) is 10.1. The highest BCUT2D eigenvalue weighted by atomic mass is 32.1. The van der Waals surface area contributed by atoms with Gasteiger partial charge in [-0.2, -0.15) is 12.6 Å². The van der Waals surface area contributed by atoms with Crippen LogP contribution in [-0.2, 0) is 14.4 Å². The zero-order chi connectivity index (χ0) is 13.0. The Kier molecular flexibility index (Phi) is 4.80. The molecule has 1 saturated heterocycles. The average Bonchev–Trinajstić information content (AvgIpc) is 2.51. The standard InChI is InChI=1S/C10H15NO5S/c12-8-4-6(17)5-11(8)7(10(15)16)2-1-3-9(13)14/h6-7,17H,1-5H2,(H,13,14)(H,15,16)/t6?,7-/m1/s1. The number of hydrogen-bond donors (Lipinski definition) is 3. The third-order valence-corrected chi connectivity index (χ3v) is 3.01. The van der Waals surface area contributed by atoms with Crippen LogP contribution in [0.3, 0.4) is 0 Å². The third-order valence-electron chi connectivity index (χ3n) is 2.67. The number of hydrogen-bond acceptors (Lipinski definition) is 4. The summed E-state index contributed by atoms with van der Waals surface area (Å²) in [7, 11) is 0. The van der Waals surface area contributed by atoms with Crippen molar-refractivity contribution in [2.24, 2.45) is 0 Å². The third kappa shape index (κ3) is 3.92. The molecule has 0 aromatic heterocycles. The van der Waals surface area contributed by atoms with E-state index in [1.165, 1.54) is 4.90 Å². The summed E-state index contributed by atoms with van der Waals surface area (Å²) >= 11 is 4.15. The number of amides is 1. The van der Waals surface area contributed by atoms with Crippen molar-refractivity contribution in [3.8, 4) is 0 Å². The van der Waals surface area contributed by atoms with Crippen LogP contribution in [0.15, 0.2) is 0 Å². The van der Waals surface area contributed by atoms with Crippen molar-refractivity contribution in [1.29, 1.82) is 0 Å². The van der Waals surface area contributed by atoms with E-state index in [1.54, 1.807) is 0 Å². The van der Waals surface area contributed by atoms with Crippen molar-refractivity contribution in [2.75, 3.05) is 6.54 Å². The Bertz CT molecular complexity index is 333. The fraction of sp³-hybridized carbons (Fsp3) is 0.700. The van der Waals surface area contributed by atoms with Gasteiger partial charge in [0, 0.05) is 24.6 Å². The summed E-state index contributed by atoms with van der Waals surface area (Å²) in [6, 6.07) is -0.931. The lowest BCUT2D eigenvalue weighted by molar-refractivity contribution is -0.149. The molecule has 7 heteroatoms. The number of rotatable bonds is 6. The first kappa shape index (κ1) is 13.8. The number of aliphatic carboxylic acids is 2. The number of carboxylic acid groups (broad SMARTS) is 2. The monoisotopic (exact) mass is 261 g/mol. The van der Waals surface area contributed by atoms with E-state index >= 15 is 0 Å². The Balaban J connectivity index is 2.57. The predicted octanol–water partition coefficient (Wildman–Crippen LogP) is 0.225. The van der Waals surface area contributed by atoms with Crippen LogP contribution < -0.4 is 0 Å². The van der Waals surface area contributed by atoms with Crippen molar-refractivity contribution in [3.05, 3.63) is 0 Å². The summed E-state index contributed by atoms with van der Waals surface area (Å²) in [5.74, 6) is -2.28. The van der Waals surface area contributed by atoms with E-state index in [9.17, 15) is 14.4 Å². The second kappa shape index (κ2) is 5.90. The Morgan fingerprint density at radius 2 is 2.12 bits per heavy atom. The van der Waals surface area contributed by atoms with Crippen LogP contribution in [-0.4, -0.2) is 50.8 Å². The summed E-state index contributed by atoms with van der Waals surface area (Å²) < 4.78 is 0. The molecule has 1 aliphatic rings. The number of carbonyl (C=O) groups is 3. The van der Waals surface area contributed by atoms with Gasteiger partial charge in [0.15, 0.2) is 0 Å². The fourth-order valence-corrected chi connectivity index (χ4v) is 2.20. The number of carbonyl (C=O) groups excluding carboxylic acids is 1. The lowest BCUT2D eigenvalue weighted by atomic mass is 10.1. The Hall–Kier alpha value is -1.24. The lowest BCUT2D eigenvalue weighted by Crippen LogP contribution is -2.42. The molecule has 1 heterocycles. The number of carboxylic acids is 2. The minimum absolute atomic E-state index is 0.0872. The maximum Gasteiger partial charge on any atom is 0.326 e. The fourth-order valence-electron chi connectivity index (χ4n) is 1.87. The summed E-state index contributed by atoms with van der Waals surface area (Å²) in [4.78, 5) is 34.2. The van der Waals surface area contributed by atoms with Gasteiger partial charge in [-0.25, -0.2) is 4.79 Å². The van der Waals surface area contributed by atoms with Crippen LogP contribution in [0.4, 0.5) is 0 Å². The van der Waals surface area contributed by atoms with Crippen LogP contribution in [0, 0.1) is 0 Å². The van der Waals surface area contributed by atoms with Crippen LogP contribution in [0.2, 0.25) is 0 Å². The van der Waals surface area contributed by atoms with Crippen LogP contribution in [0.25, 0.3) is 0 Å². The van der Waals surface area contributed by atoms with Crippen molar-refractivity contribution in [1.82, 2.24) is 4.90 Å². The molecule has 1 rings (SSSR count).